The van der Waals surface area contributed by atoms with E-state index >= 15 is 0 Å². The Balaban J connectivity index is 2.00. The predicted octanol–water partition coefficient (Wildman–Crippen LogP) is 2.19. The summed E-state index contributed by atoms with van der Waals surface area (Å²) >= 11 is 0. The molecule has 1 unspecified atom stereocenters. The van der Waals surface area contributed by atoms with Crippen LogP contribution in [0.25, 0.3) is 10.8 Å². The minimum atomic E-state index is -0.166. The fraction of sp³-hybridized carbons (Fsp3) is 0.312. The minimum Gasteiger partial charge on any atom is -0.497 e. The Morgan fingerprint density at radius 2 is 2.18 bits per heavy atom. The van der Waals surface area contributed by atoms with Gasteiger partial charge in [0.2, 0.25) is 0 Å². The topological polar surface area (TPSA) is 56.8 Å². The first-order valence-corrected chi connectivity index (χ1v) is 7.87. The molecule has 116 valence electrons. The molecule has 0 saturated heterocycles. The molecule has 0 aliphatic carbocycles. The molecule has 0 spiro atoms. The first kappa shape index (κ1) is 15.1. The van der Waals surface area contributed by atoms with Crippen LogP contribution < -0.4 is 14.8 Å². The molecule has 6 heteroatoms. The maximum Gasteiger partial charge on any atom is 0.255 e. The van der Waals surface area contributed by atoms with Crippen molar-refractivity contribution in [1.82, 2.24) is 5.32 Å². The summed E-state index contributed by atoms with van der Waals surface area (Å²) < 4.78 is 16.5. The Kier molecular flexibility index (Phi) is 4.46. The number of hydrogen-bond donors (Lipinski definition) is 1. The average molecular weight is 319 g/mol. The second-order valence-electron chi connectivity index (χ2n) is 5.05. The molecular weight excluding hydrogens is 301 g/mol. The van der Waals surface area contributed by atoms with Gasteiger partial charge in [0.1, 0.15) is 18.1 Å². The third-order valence-corrected chi connectivity index (χ3v) is 3.86. The third-order valence-electron chi connectivity index (χ3n) is 3.62. The van der Waals surface area contributed by atoms with Crippen LogP contribution in [0.15, 0.2) is 30.3 Å². The Hall–Kier alpha value is -1.84. The second-order valence-corrected chi connectivity index (χ2v) is 5.38. The van der Waals surface area contributed by atoms with E-state index in [-0.39, 0.29) is 11.9 Å². The fourth-order valence-corrected chi connectivity index (χ4v) is 2.66. The smallest absolute Gasteiger partial charge is 0.255 e. The molecule has 2 atom stereocenters. The molecule has 1 aliphatic heterocycles. The largest absolute Gasteiger partial charge is 0.497 e. The summed E-state index contributed by atoms with van der Waals surface area (Å²) in [5, 5.41) is 4.81. The van der Waals surface area contributed by atoms with Crippen molar-refractivity contribution in [3.63, 3.8) is 0 Å². The van der Waals surface area contributed by atoms with Crippen molar-refractivity contribution in [2.75, 3.05) is 26.7 Å². The summed E-state index contributed by atoms with van der Waals surface area (Å²) in [6, 6.07) is 9.27. The number of methoxy groups -OCH3 is 1. The van der Waals surface area contributed by atoms with Gasteiger partial charge in [-0.1, -0.05) is 12.1 Å². The van der Waals surface area contributed by atoms with Crippen LogP contribution >= 0.6 is 9.24 Å². The summed E-state index contributed by atoms with van der Waals surface area (Å²) in [5.41, 5.74) is 0.536. The molecule has 3 rings (SSSR count). The zero-order chi connectivity index (χ0) is 15.5. The molecule has 22 heavy (non-hydrogen) atoms. The molecule has 0 aromatic heterocycles. The summed E-state index contributed by atoms with van der Waals surface area (Å²) in [5.74, 6) is 1.19. The highest BCUT2D eigenvalue weighted by molar-refractivity contribution is 7.16. The van der Waals surface area contributed by atoms with Crippen LogP contribution in [-0.2, 0) is 4.74 Å². The van der Waals surface area contributed by atoms with E-state index < -0.39 is 0 Å². The zero-order valence-electron chi connectivity index (χ0n) is 12.3. The van der Waals surface area contributed by atoms with E-state index in [0.717, 1.165) is 16.5 Å². The van der Waals surface area contributed by atoms with E-state index in [1.165, 1.54) is 0 Å². The van der Waals surface area contributed by atoms with Gasteiger partial charge < -0.3 is 19.5 Å². The molecule has 0 fully saturated rings. The number of carbonyl (C=O) groups excluding carboxylic acids is 1. The molecule has 1 N–H and O–H groups in total. The van der Waals surface area contributed by atoms with E-state index in [4.69, 9.17) is 14.2 Å². The zero-order valence-corrected chi connectivity index (χ0v) is 13.5. The molecule has 5 nitrogen and oxygen atoms in total. The quantitative estimate of drug-likeness (QED) is 0.878. The average Bonchev–Trinajstić information content (AvgIpc) is 2.71. The molecule has 1 amide bonds. The number of benzene rings is 2. The lowest BCUT2D eigenvalue weighted by Gasteiger charge is -2.14. The van der Waals surface area contributed by atoms with Crippen molar-refractivity contribution >= 4 is 25.9 Å². The Morgan fingerprint density at radius 3 is 2.95 bits per heavy atom. The van der Waals surface area contributed by atoms with E-state index in [1.807, 2.05) is 24.3 Å². The highest BCUT2D eigenvalue weighted by Crippen LogP contribution is 2.33. The fourth-order valence-electron chi connectivity index (χ4n) is 2.52. The highest BCUT2D eigenvalue weighted by atomic mass is 31.0. The van der Waals surface area contributed by atoms with E-state index in [9.17, 15) is 4.79 Å². The highest BCUT2D eigenvalue weighted by Gasteiger charge is 2.24. The van der Waals surface area contributed by atoms with Gasteiger partial charge in [0.15, 0.2) is 0 Å². The standard InChI is InChI=1S/C16H18NO4P/c1-19-12-4-2-10-3-5-13-15(14(10)6-12)21-8-11(7-20-9-22)17-16(13)18/h2-6,11H,7-9,22H2,1H3,(H,17,18)/t11-/m1/s1. The van der Waals surface area contributed by atoms with Gasteiger partial charge in [0, 0.05) is 5.39 Å². The third kappa shape index (κ3) is 2.87. The van der Waals surface area contributed by atoms with Gasteiger partial charge in [-0.05, 0) is 23.6 Å². The molecule has 1 aliphatic rings. The monoisotopic (exact) mass is 319 g/mol. The van der Waals surface area contributed by atoms with Crippen molar-refractivity contribution in [1.29, 1.82) is 0 Å². The van der Waals surface area contributed by atoms with Crippen molar-refractivity contribution in [3.05, 3.63) is 35.9 Å². The normalized spacial score (nSPS) is 17.4. The number of ether oxygens (including phenoxy) is 3. The predicted molar refractivity (Wildman–Crippen MR) is 87.8 cm³/mol. The SMILES string of the molecule is COc1ccc2ccc3c(c2c1)OC[C@@H](COCP)NC3=O. The maximum atomic E-state index is 12.4. The molecule has 0 saturated carbocycles. The van der Waals surface area contributed by atoms with Crippen LogP contribution in [0.1, 0.15) is 10.4 Å². The Labute approximate surface area is 131 Å². The molecule has 0 bridgehead atoms. The van der Waals surface area contributed by atoms with E-state index in [2.05, 4.69) is 14.6 Å². The van der Waals surface area contributed by atoms with Crippen LogP contribution in [0, 0.1) is 0 Å². The summed E-state index contributed by atoms with van der Waals surface area (Å²) in [4.78, 5) is 12.4. The summed E-state index contributed by atoms with van der Waals surface area (Å²) in [6.07, 6.45) is 0.527. The lowest BCUT2D eigenvalue weighted by atomic mass is 10.0. The van der Waals surface area contributed by atoms with Gasteiger partial charge in [-0.2, -0.15) is 0 Å². The van der Waals surface area contributed by atoms with Crippen molar-refractivity contribution < 1.29 is 19.0 Å². The van der Waals surface area contributed by atoms with Crippen LogP contribution in [0.3, 0.4) is 0 Å². The van der Waals surface area contributed by atoms with Gasteiger partial charge in [0.25, 0.3) is 5.91 Å². The molecule has 2 aromatic rings. The summed E-state index contributed by atoms with van der Waals surface area (Å²) in [6.45, 7) is 0.796. The van der Waals surface area contributed by atoms with Crippen molar-refractivity contribution in [3.8, 4) is 11.5 Å². The van der Waals surface area contributed by atoms with Crippen LogP contribution in [0.2, 0.25) is 0 Å². The first-order valence-electron chi connectivity index (χ1n) is 7.05. The number of carbonyl (C=O) groups is 1. The van der Waals surface area contributed by atoms with Crippen molar-refractivity contribution in [2.24, 2.45) is 0 Å². The van der Waals surface area contributed by atoms with Gasteiger partial charge in [-0.25, -0.2) is 0 Å². The van der Waals surface area contributed by atoms with Gasteiger partial charge >= 0.3 is 0 Å². The van der Waals surface area contributed by atoms with E-state index in [1.54, 1.807) is 13.2 Å². The number of rotatable bonds is 4. The number of amides is 1. The Bertz CT molecular complexity index is 704. The molecule has 0 radical (unpaired) electrons. The van der Waals surface area contributed by atoms with Crippen molar-refractivity contribution in [2.45, 2.75) is 6.04 Å². The van der Waals surface area contributed by atoms with Crippen LogP contribution in [-0.4, -0.2) is 38.6 Å². The minimum absolute atomic E-state index is 0.144. The number of nitrogens with one attached hydrogen (secondary N) is 1. The van der Waals surface area contributed by atoms with Gasteiger partial charge in [0.05, 0.1) is 31.7 Å². The first-order chi connectivity index (χ1) is 10.7. The Morgan fingerprint density at radius 1 is 1.36 bits per heavy atom. The number of hydrogen-bond acceptors (Lipinski definition) is 4. The second kappa shape index (κ2) is 6.51. The van der Waals surface area contributed by atoms with Crippen LogP contribution in [0.4, 0.5) is 0 Å². The molecule has 2 aromatic carbocycles. The van der Waals surface area contributed by atoms with Gasteiger partial charge in [-0.15, -0.1) is 9.24 Å². The summed E-state index contributed by atoms with van der Waals surface area (Å²) in [7, 11) is 4.11. The van der Waals surface area contributed by atoms with E-state index in [0.29, 0.717) is 30.9 Å². The lowest BCUT2D eigenvalue weighted by Crippen LogP contribution is -2.40. The van der Waals surface area contributed by atoms with Gasteiger partial charge in [-0.3, -0.25) is 4.79 Å². The molecule has 1 heterocycles. The molecular formula is C16H18NO4P. The van der Waals surface area contributed by atoms with Crippen LogP contribution in [0.5, 0.6) is 11.5 Å². The lowest BCUT2D eigenvalue weighted by molar-refractivity contribution is 0.0875. The number of fused-ring (bicyclic) bond motifs is 3. The maximum absolute atomic E-state index is 12.4.